The summed E-state index contributed by atoms with van der Waals surface area (Å²) in [6.07, 6.45) is 5.41. The summed E-state index contributed by atoms with van der Waals surface area (Å²) in [6.45, 7) is 1.03. The molecule has 4 heteroatoms. The van der Waals surface area contributed by atoms with Crippen molar-refractivity contribution in [2.75, 3.05) is 20.8 Å². The predicted molar refractivity (Wildman–Crippen MR) is 73.5 cm³/mol. The van der Waals surface area contributed by atoms with Crippen LogP contribution in [0.1, 0.15) is 31.2 Å². The number of aryl methyl sites for hydroxylation is 1. The summed E-state index contributed by atoms with van der Waals surface area (Å²) in [5.74, 6) is 0.821. The number of unbranched alkanes of at least 4 members (excludes halogenated alkanes) is 1. The average Bonchev–Trinajstić information content (AvgIpc) is 3.23. The molecule has 0 radical (unpaired) electrons. The molecule has 0 heterocycles. The van der Waals surface area contributed by atoms with Crippen LogP contribution in [0.3, 0.4) is 0 Å². The maximum absolute atomic E-state index is 13.8. The van der Waals surface area contributed by atoms with Gasteiger partial charge in [0, 0.05) is 12.1 Å². The molecule has 2 rings (SSSR count). The molecule has 0 spiro atoms. The van der Waals surface area contributed by atoms with E-state index >= 15 is 0 Å². The Balaban J connectivity index is 1.84. The van der Waals surface area contributed by atoms with Crippen LogP contribution in [0, 0.1) is 5.82 Å². The second-order valence-corrected chi connectivity index (χ2v) is 4.98. The summed E-state index contributed by atoms with van der Waals surface area (Å²) >= 11 is 0. The molecular weight excluding hydrogens is 245 g/mol. The standard InChI is InChI=1S/C15H22FNO2/c1-18-14-9-11(13(16)10-15(14)19-2)5-3-4-8-17-12-6-7-12/h9-10,12,17H,3-8H2,1-2H3. The third-order valence-electron chi connectivity index (χ3n) is 3.44. The van der Waals surface area contributed by atoms with Crippen LogP contribution in [0.5, 0.6) is 11.5 Å². The van der Waals surface area contributed by atoms with E-state index < -0.39 is 0 Å². The van der Waals surface area contributed by atoms with Crippen molar-refractivity contribution in [2.45, 2.75) is 38.1 Å². The van der Waals surface area contributed by atoms with E-state index in [2.05, 4.69) is 5.32 Å². The molecule has 1 N–H and O–H groups in total. The van der Waals surface area contributed by atoms with E-state index in [1.807, 2.05) is 0 Å². The number of hydrogen-bond acceptors (Lipinski definition) is 3. The molecule has 0 atom stereocenters. The maximum atomic E-state index is 13.8. The summed E-state index contributed by atoms with van der Waals surface area (Å²) < 4.78 is 24.1. The molecule has 1 aromatic carbocycles. The van der Waals surface area contributed by atoms with Crippen molar-refractivity contribution in [3.05, 3.63) is 23.5 Å². The third kappa shape index (κ3) is 4.10. The lowest BCUT2D eigenvalue weighted by molar-refractivity contribution is 0.351. The molecule has 1 aliphatic carbocycles. The van der Waals surface area contributed by atoms with E-state index in [9.17, 15) is 4.39 Å². The molecule has 0 unspecified atom stereocenters. The van der Waals surface area contributed by atoms with Gasteiger partial charge in [-0.1, -0.05) is 0 Å². The van der Waals surface area contributed by atoms with Gasteiger partial charge in [-0.25, -0.2) is 4.39 Å². The summed E-state index contributed by atoms with van der Waals surface area (Å²) in [6, 6.07) is 3.89. The lowest BCUT2D eigenvalue weighted by Gasteiger charge is -2.11. The minimum absolute atomic E-state index is 0.215. The highest BCUT2D eigenvalue weighted by Crippen LogP contribution is 2.30. The van der Waals surface area contributed by atoms with Crippen LogP contribution >= 0.6 is 0 Å². The van der Waals surface area contributed by atoms with Crippen molar-refractivity contribution < 1.29 is 13.9 Å². The number of halogens is 1. The zero-order valence-electron chi connectivity index (χ0n) is 11.7. The number of ether oxygens (including phenoxy) is 2. The monoisotopic (exact) mass is 267 g/mol. The molecule has 1 aliphatic rings. The van der Waals surface area contributed by atoms with Crippen LogP contribution in [-0.4, -0.2) is 26.8 Å². The molecule has 0 saturated heterocycles. The van der Waals surface area contributed by atoms with Gasteiger partial charge in [-0.15, -0.1) is 0 Å². The van der Waals surface area contributed by atoms with E-state index in [1.165, 1.54) is 26.0 Å². The molecule has 1 saturated carbocycles. The van der Waals surface area contributed by atoms with Gasteiger partial charge in [0.2, 0.25) is 0 Å². The van der Waals surface area contributed by atoms with E-state index in [-0.39, 0.29) is 5.82 Å². The number of hydrogen-bond donors (Lipinski definition) is 1. The number of methoxy groups -OCH3 is 2. The molecule has 106 valence electrons. The Kier molecular flexibility index (Phi) is 5.02. The van der Waals surface area contributed by atoms with Crippen molar-refractivity contribution in [1.82, 2.24) is 5.32 Å². The van der Waals surface area contributed by atoms with Crippen molar-refractivity contribution in [3.63, 3.8) is 0 Å². The second kappa shape index (κ2) is 6.75. The third-order valence-corrected chi connectivity index (χ3v) is 3.44. The van der Waals surface area contributed by atoms with Gasteiger partial charge in [-0.05, 0) is 50.3 Å². The Bertz CT molecular complexity index is 419. The van der Waals surface area contributed by atoms with Gasteiger partial charge >= 0.3 is 0 Å². The first-order chi connectivity index (χ1) is 9.24. The summed E-state index contributed by atoms with van der Waals surface area (Å²) in [7, 11) is 3.08. The molecular formula is C15H22FNO2. The van der Waals surface area contributed by atoms with Gasteiger partial charge in [0.05, 0.1) is 14.2 Å². The lowest BCUT2D eigenvalue weighted by atomic mass is 10.1. The quantitative estimate of drug-likeness (QED) is 0.735. The van der Waals surface area contributed by atoms with Crippen molar-refractivity contribution in [1.29, 1.82) is 0 Å². The van der Waals surface area contributed by atoms with Crippen LogP contribution in [0.15, 0.2) is 12.1 Å². The van der Waals surface area contributed by atoms with Crippen molar-refractivity contribution >= 4 is 0 Å². The highest BCUT2D eigenvalue weighted by atomic mass is 19.1. The highest BCUT2D eigenvalue weighted by Gasteiger charge is 2.19. The molecule has 0 aliphatic heterocycles. The Morgan fingerprint density at radius 3 is 2.47 bits per heavy atom. The first kappa shape index (κ1) is 14.1. The summed E-state index contributed by atoms with van der Waals surface area (Å²) in [4.78, 5) is 0. The molecule has 1 fully saturated rings. The SMILES string of the molecule is COc1cc(F)c(CCCCNC2CC2)cc1OC. The van der Waals surface area contributed by atoms with Gasteiger partial charge in [-0.2, -0.15) is 0 Å². The van der Waals surface area contributed by atoms with Crippen LogP contribution in [0.25, 0.3) is 0 Å². The minimum Gasteiger partial charge on any atom is -0.493 e. The molecule has 0 bridgehead atoms. The maximum Gasteiger partial charge on any atom is 0.163 e. The first-order valence-corrected chi connectivity index (χ1v) is 6.88. The Hall–Kier alpha value is -1.29. The van der Waals surface area contributed by atoms with E-state index in [4.69, 9.17) is 9.47 Å². The van der Waals surface area contributed by atoms with Crippen LogP contribution in [0.4, 0.5) is 4.39 Å². The normalized spacial score (nSPS) is 14.5. The fraction of sp³-hybridized carbons (Fsp3) is 0.600. The summed E-state index contributed by atoms with van der Waals surface area (Å²) in [5, 5.41) is 3.46. The van der Waals surface area contributed by atoms with Crippen LogP contribution in [0.2, 0.25) is 0 Å². The number of rotatable bonds is 8. The number of benzene rings is 1. The molecule has 1 aromatic rings. The van der Waals surface area contributed by atoms with Crippen LogP contribution < -0.4 is 14.8 Å². The fourth-order valence-corrected chi connectivity index (χ4v) is 2.12. The minimum atomic E-state index is -0.215. The zero-order valence-corrected chi connectivity index (χ0v) is 11.7. The zero-order chi connectivity index (χ0) is 13.7. The van der Waals surface area contributed by atoms with Crippen LogP contribution in [-0.2, 0) is 6.42 Å². The average molecular weight is 267 g/mol. The Labute approximate surface area is 114 Å². The topological polar surface area (TPSA) is 30.5 Å². The van der Waals surface area contributed by atoms with Gasteiger partial charge < -0.3 is 14.8 Å². The van der Waals surface area contributed by atoms with Gasteiger partial charge in [0.1, 0.15) is 5.82 Å². The van der Waals surface area contributed by atoms with Crippen molar-refractivity contribution in [3.8, 4) is 11.5 Å². The molecule has 0 amide bonds. The second-order valence-electron chi connectivity index (χ2n) is 4.98. The van der Waals surface area contributed by atoms with E-state index in [0.717, 1.165) is 31.8 Å². The van der Waals surface area contributed by atoms with E-state index in [1.54, 1.807) is 13.2 Å². The molecule has 0 aromatic heterocycles. The fourth-order valence-electron chi connectivity index (χ4n) is 2.12. The predicted octanol–water partition coefficient (Wildman–Crippen LogP) is 2.92. The largest absolute Gasteiger partial charge is 0.493 e. The van der Waals surface area contributed by atoms with Crippen molar-refractivity contribution in [2.24, 2.45) is 0 Å². The number of nitrogens with one attached hydrogen (secondary N) is 1. The Morgan fingerprint density at radius 2 is 1.84 bits per heavy atom. The van der Waals surface area contributed by atoms with Gasteiger partial charge in [0.15, 0.2) is 11.5 Å². The highest BCUT2D eigenvalue weighted by molar-refractivity contribution is 5.43. The van der Waals surface area contributed by atoms with E-state index in [0.29, 0.717) is 17.1 Å². The molecule has 3 nitrogen and oxygen atoms in total. The first-order valence-electron chi connectivity index (χ1n) is 6.88. The summed E-state index contributed by atoms with van der Waals surface area (Å²) in [5.41, 5.74) is 0.698. The molecule has 19 heavy (non-hydrogen) atoms. The smallest absolute Gasteiger partial charge is 0.163 e. The van der Waals surface area contributed by atoms with Gasteiger partial charge in [-0.3, -0.25) is 0 Å². The van der Waals surface area contributed by atoms with Gasteiger partial charge in [0.25, 0.3) is 0 Å². The Morgan fingerprint density at radius 1 is 1.16 bits per heavy atom. The lowest BCUT2D eigenvalue weighted by Crippen LogP contribution is -2.17.